The number of allylic oxidation sites excluding steroid dienone is 1. The molecule has 5 amide bonds. The highest BCUT2D eigenvalue weighted by molar-refractivity contribution is 9.10. The van der Waals surface area contributed by atoms with E-state index in [0.29, 0.717) is 29.4 Å². The molecule has 0 radical (unpaired) electrons. The second-order valence-corrected chi connectivity index (χ2v) is 15.8. The van der Waals surface area contributed by atoms with Gasteiger partial charge in [-0.2, -0.15) is 0 Å². The van der Waals surface area contributed by atoms with Crippen LogP contribution in [-0.2, 0) is 30.3 Å². The van der Waals surface area contributed by atoms with E-state index >= 15 is 0 Å². The highest BCUT2D eigenvalue weighted by Gasteiger charge is 2.42. The molecule has 278 valence electrons. The van der Waals surface area contributed by atoms with Crippen molar-refractivity contribution in [3.8, 4) is 0 Å². The Kier molecular flexibility index (Phi) is 14.9. The van der Waals surface area contributed by atoms with E-state index in [2.05, 4.69) is 26.6 Å². The van der Waals surface area contributed by atoms with E-state index in [-0.39, 0.29) is 37.0 Å². The fourth-order valence-corrected chi connectivity index (χ4v) is 6.44. The molecule has 1 aliphatic heterocycles. The number of amides is 5. The number of carbonyl (C=O) groups is 5. The van der Waals surface area contributed by atoms with E-state index < -0.39 is 59.4 Å². The lowest BCUT2D eigenvalue weighted by molar-refractivity contribution is -0.147. The minimum atomic E-state index is -1.01. The Bertz CT molecular complexity index is 1410. The summed E-state index contributed by atoms with van der Waals surface area (Å²) in [6, 6.07) is 0.412. The van der Waals surface area contributed by atoms with Crippen LogP contribution in [0.4, 0.5) is 9.18 Å². The van der Waals surface area contributed by atoms with Crippen LogP contribution in [0.3, 0.4) is 0 Å². The fourth-order valence-electron chi connectivity index (χ4n) is 6.04. The number of likely N-dealkylation sites (N-methyl/N-ethyl adjacent to an activating group) is 3. The third-order valence-electron chi connectivity index (χ3n) is 9.01. The molecule has 11 nitrogen and oxygen atoms in total. The van der Waals surface area contributed by atoms with Crippen LogP contribution < -0.4 is 10.6 Å². The Morgan fingerprint density at radius 2 is 1.78 bits per heavy atom. The second kappa shape index (κ2) is 18.1. The summed E-state index contributed by atoms with van der Waals surface area (Å²) in [4.78, 5) is 73.3. The Morgan fingerprint density at radius 1 is 1.10 bits per heavy atom. The van der Waals surface area contributed by atoms with Crippen molar-refractivity contribution in [1.82, 2.24) is 25.3 Å². The van der Waals surface area contributed by atoms with E-state index in [1.807, 2.05) is 26.0 Å². The van der Waals surface area contributed by atoms with Crippen molar-refractivity contribution in [3.63, 3.8) is 0 Å². The van der Waals surface area contributed by atoms with Crippen molar-refractivity contribution in [2.75, 3.05) is 27.7 Å². The van der Waals surface area contributed by atoms with Crippen molar-refractivity contribution < 1.29 is 33.1 Å². The van der Waals surface area contributed by atoms with Crippen molar-refractivity contribution in [2.24, 2.45) is 11.8 Å². The third kappa shape index (κ3) is 12.1. The summed E-state index contributed by atoms with van der Waals surface area (Å²) >= 11 is 3.46. The molecule has 1 aromatic rings. The number of carbonyl (C=O) groups excluding carboxylic acids is 5. The van der Waals surface area contributed by atoms with Crippen LogP contribution in [0.1, 0.15) is 85.1 Å². The van der Waals surface area contributed by atoms with E-state index in [1.54, 1.807) is 38.8 Å². The Balaban J connectivity index is 1.96. The van der Waals surface area contributed by atoms with Gasteiger partial charge >= 0.3 is 6.09 Å². The Hall–Kier alpha value is -3.48. The molecule has 0 saturated heterocycles. The van der Waals surface area contributed by atoms with Crippen LogP contribution in [0.5, 0.6) is 0 Å². The van der Waals surface area contributed by atoms with Gasteiger partial charge in [0, 0.05) is 38.6 Å². The number of hydrogen-bond acceptors (Lipinski definition) is 6. The van der Waals surface area contributed by atoms with Gasteiger partial charge in [-0.05, 0) is 101 Å². The Labute approximate surface area is 304 Å². The topological polar surface area (TPSA) is 128 Å². The second-order valence-electron chi connectivity index (χ2n) is 15.0. The van der Waals surface area contributed by atoms with Gasteiger partial charge in [-0.15, -0.1) is 0 Å². The van der Waals surface area contributed by atoms with Crippen molar-refractivity contribution >= 4 is 45.7 Å². The molecule has 2 N–H and O–H groups in total. The van der Waals surface area contributed by atoms with Crippen LogP contribution in [-0.4, -0.2) is 102 Å². The van der Waals surface area contributed by atoms with Crippen LogP contribution in [0, 0.1) is 17.7 Å². The predicted molar refractivity (Wildman–Crippen MR) is 193 cm³/mol. The maximum absolute atomic E-state index is 14.3. The standard InChI is InChI=1S/C37H55BrFN5O6/c1-23(2)20-28-33(46)44(8)30(22-25-21-26(39)17-18-27(25)38)34(47)42(6)19-13-11-9-10-12-14-29(32(45)40-28)43(7)35(48)31(24-15-16-24)41-36(49)50-37(3,4)5/h10,12,17-18,21,23-24,28-31H,9,11,13-16,19-20,22H2,1-8H3,(H,40,45)(H,41,49)/b12-10+/t28-,29-,30-,31-/m0/s1. The SMILES string of the molecule is CC(C)C[C@@H]1NC(=O)[C@@H](N(C)C(=O)[C@@H](NC(=O)OC(C)(C)C)C2CC2)C/C=C/CCCCN(C)C(=O)[C@H](Cc2cc(F)ccc2Br)N(C)C1=O. The summed E-state index contributed by atoms with van der Waals surface area (Å²) in [7, 11) is 4.77. The fraction of sp³-hybridized carbons (Fsp3) is 0.649. The lowest BCUT2D eigenvalue weighted by Crippen LogP contribution is -2.59. The third-order valence-corrected chi connectivity index (χ3v) is 9.78. The van der Waals surface area contributed by atoms with Gasteiger partial charge in [0.2, 0.25) is 23.6 Å². The lowest BCUT2D eigenvalue weighted by Gasteiger charge is -2.35. The molecule has 4 atom stereocenters. The largest absolute Gasteiger partial charge is 0.444 e. The molecule has 1 aliphatic carbocycles. The summed E-state index contributed by atoms with van der Waals surface area (Å²) in [6.07, 6.45) is 7.35. The molecule has 1 aromatic carbocycles. The zero-order valence-corrected chi connectivity index (χ0v) is 32.3. The predicted octanol–water partition coefficient (Wildman–Crippen LogP) is 5.21. The monoisotopic (exact) mass is 763 g/mol. The number of rotatable bonds is 8. The van der Waals surface area contributed by atoms with Gasteiger partial charge in [-0.1, -0.05) is 41.9 Å². The van der Waals surface area contributed by atoms with Gasteiger partial charge in [-0.3, -0.25) is 19.2 Å². The van der Waals surface area contributed by atoms with E-state index in [0.717, 1.165) is 19.3 Å². The smallest absolute Gasteiger partial charge is 0.408 e. The van der Waals surface area contributed by atoms with Crippen LogP contribution in [0.15, 0.2) is 34.8 Å². The molecule has 1 fully saturated rings. The van der Waals surface area contributed by atoms with E-state index in [4.69, 9.17) is 4.74 Å². The molecule has 0 unspecified atom stereocenters. The highest BCUT2D eigenvalue weighted by Crippen LogP contribution is 2.34. The first-order valence-corrected chi connectivity index (χ1v) is 18.4. The minimum Gasteiger partial charge on any atom is -0.444 e. The summed E-state index contributed by atoms with van der Waals surface area (Å²) in [6.45, 7) is 9.55. The number of alkyl carbamates (subject to hydrolysis) is 1. The van der Waals surface area contributed by atoms with Gasteiger partial charge in [0.05, 0.1) is 0 Å². The van der Waals surface area contributed by atoms with Gasteiger partial charge in [0.25, 0.3) is 0 Å². The molecule has 2 aliphatic rings. The molecule has 1 saturated carbocycles. The molecule has 50 heavy (non-hydrogen) atoms. The van der Waals surface area contributed by atoms with Gasteiger partial charge in [-0.25, -0.2) is 9.18 Å². The number of halogens is 2. The number of benzene rings is 1. The first-order chi connectivity index (χ1) is 23.4. The number of hydrogen-bond donors (Lipinski definition) is 2. The quantitative estimate of drug-likeness (QED) is 0.351. The van der Waals surface area contributed by atoms with Crippen molar-refractivity contribution in [3.05, 3.63) is 46.2 Å². The molecule has 0 bridgehead atoms. The van der Waals surface area contributed by atoms with Gasteiger partial charge in [0.15, 0.2) is 0 Å². The number of nitrogens with zero attached hydrogens (tertiary/aromatic N) is 3. The molecule has 0 aromatic heterocycles. The maximum atomic E-state index is 14.3. The lowest BCUT2D eigenvalue weighted by atomic mass is 9.98. The van der Waals surface area contributed by atoms with Crippen molar-refractivity contribution in [2.45, 2.75) is 116 Å². The van der Waals surface area contributed by atoms with Crippen LogP contribution in [0.25, 0.3) is 0 Å². The molecular formula is C37H55BrFN5O6. The minimum absolute atomic E-state index is 0.00702. The summed E-state index contributed by atoms with van der Waals surface area (Å²) in [5, 5.41) is 5.65. The van der Waals surface area contributed by atoms with Gasteiger partial charge in [0.1, 0.15) is 35.6 Å². The first kappa shape index (κ1) is 40.9. The molecule has 3 rings (SSSR count). The molecule has 1 heterocycles. The number of nitrogens with one attached hydrogen (secondary N) is 2. The summed E-state index contributed by atoms with van der Waals surface area (Å²) < 4.78 is 20.3. The van der Waals surface area contributed by atoms with E-state index in [9.17, 15) is 28.4 Å². The van der Waals surface area contributed by atoms with Crippen molar-refractivity contribution in [1.29, 1.82) is 0 Å². The summed E-state index contributed by atoms with van der Waals surface area (Å²) in [5.74, 6) is -2.24. The zero-order chi connectivity index (χ0) is 37.3. The zero-order valence-electron chi connectivity index (χ0n) is 30.8. The normalized spacial score (nSPS) is 22.9. The van der Waals surface area contributed by atoms with Gasteiger partial charge < -0.3 is 30.1 Å². The molecule has 0 spiro atoms. The highest BCUT2D eigenvalue weighted by atomic mass is 79.9. The molecular weight excluding hydrogens is 709 g/mol. The maximum Gasteiger partial charge on any atom is 0.408 e. The van der Waals surface area contributed by atoms with Crippen LogP contribution >= 0.6 is 15.9 Å². The number of ether oxygens (including phenoxy) is 1. The van der Waals surface area contributed by atoms with Crippen LogP contribution in [0.2, 0.25) is 0 Å². The first-order valence-electron chi connectivity index (χ1n) is 17.6. The van der Waals surface area contributed by atoms with E-state index in [1.165, 1.54) is 36.0 Å². The average Bonchev–Trinajstić information content (AvgIpc) is 3.87. The molecule has 13 heteroatoms. The average molecular weight is 765 g/mol. The Morgan fingerprint density at radius 3 is 2.40 bits per heavy atom. The summed E-state index contributed by atoms with van der Waals surface area (Å²) in [5.41, 5.74) is -0.218.